The van der Waals surface area contributed by atoms with Crippen LogP contribution >= 0.6 is 11.6 Å². The molecule has 1 aromatic rings. The van der Waals surface area contributed by atoms with Gasteiger partial charge in [-0.05, 0) is 32.3 Å². The lowest BCUT2D eigenvalue weighted by Crippen LogP contribution is -2.37. The number of likely N-dealkylation sites (N-methyl/N-ethyl adjacent to an activating group) is 1. The SMILES string of the molecule is CC(=O)N1C(=O)C(N(C)C)c2cc(Cl)ccc21. The Morgan fingerprint density at radius 1 is 1.41 bits per heavy atom. The third kappa shape index (κ3) is 1.83. The van der Waals surface area contributed by atoms with E-state index in [2.05, 4.69) is 0 Å². The summed E-state index contributed by atoms with van der Waals surface area (Å²) in [5, 5.41) is 0.564. The third-order valence-corrected chi connectivity index (χ3v) is 3.05. The maximum absolute atomic E-state index is 12.2. The molecule has 0 radical (unpaired) electrons. The lowest BCUT2D eigenvalue weighted by molar-refractivity contribution is -0.127. The fourth-order valence-electron chi connectivity index (χ4n) is 2.15. The van der Waals surface area contributed by atoms with Crippen LogP contribution in [0.4, 0.5) is 5.69 Å². The number of carbonyl (C=O) groups is 2. The van der Waals surface area contributed by atoms with Crippen LogP contribution in [0.1, 0.15) is 18.5 Å². The highest BCUT2D eigenvalue weighted by atomic mass is 35.5. The van der Waals surface area contributed by atoms with Crippen molar-refractivity contribution in [3.05, 3.63) is 28.8 Å². The number of hydrogen-bond acceptors (Lipinski definition) is 3. The smallest absolute Gasteiger partial charge is 0.255 e. The Morgan fingerprint density at radius 3 is 2.59 bits per heavy atom. The second kappa shape index (κ2) is 4.13. The first-order chi connectivity index (χ1) is 7.93. The zero-order valence-corrected chi connectivity index (χ0v) is 10.7. The van der Waals surface area contributed by atoms with E-state index >= 15 is 0 Å². The van der Waals surface area contributed by atoms with Crippen molar-refractivity contribution < 1.29 is 9.59 Å². The molecule has 0 bridgehead atoms. The van der Waals surface area contributed by atoms with Crippen LogP contribution in [0.15, 0.2) is 18.2 Å². The lowest BCUT2D eigenvalue weighted by Gasteiger charge is -2.18. The number of hydrogen-bond donors (Lipinski definition) is 0. The van der Waals surface area contributed by atoms with Crippen LogP contribution in [0, 0.1) is 0 Å². The quantitative estimate of drug-likeness (QED) is 0.766. The second-order valence-electron chi connectivity index (χ2n) is 4.26. The Balaban J connectivity index is 2.61. The number of anilines is 1. The Kier molecular flexibility index (Phi) is 2.93. The molecule has 0 aromatic heterocycles. The minimum absolute atomic E-state index is 0.222. The van der Waals surface area contributed by atoms with E-state index < -0.39 is 6.04 Å². The summed E-state index contributed by atoms with van der Waals surface area (Å²) in [6.45, 7) is 1.38. The van der Waals surface area contributed by atoms with Crippen molar-refractivity contribution in [1.29, 1.82) is 0 Å². The van der Waals surface area contributed by atoms with Gasteiger partial charge in [-0.1, -0.05) is 11.6 Å². The number of benzene rings is 1. The summed E-state index contributed by atoms with van der Waals surface area (Å²) in [5.74, 6) is -0.498. The molecule has 17 heavy (non-hydrogen) atoms. The van der Waals surface area contributed by atoms with Gasteiger partial charge in [-0.2, -0.15) is 0 Å². The van der Waals surface area contributed by atoms with Crippen LogP contribution in [0.2, 0.25) is 5.02 Å². The molecule has 1 aliphatic heterocycles. The largest absolute Gasteiger partial charge is 0.294 e. The first kappa shape index (κ1) is 12.1. The fourth-order valence-corrected chi connectivity index (χ4v) is 2.33. The van der Waals surface area contributed by atoms with Crippen LogP contribution in [0.25, 0.3) is 0 Å². The minimum atomic E-state index is -0.437. The summed E-state index contributed by atoms with van der Waals surface area (Å²) in [6, 6.07) is 4.69. The molecule has 0 spiro atoms. The van der Waals surface area contributed by atoms with Gasteiger partial charge in [0.25, 0.3) is 5.91 Å². The number of nitrogens with zero attached hydrogens (tertiary/aromatic N) is 2. The van der Waals surface area contributed by atoms with Gasteiger partial charge in [-0.15, -0.1) is 0 Å². The molecule has 0 aliphatic carbocycles. The summed E-state index contributed by atoms with van der Waals surface area (Å²) >= 11 is 5.94. The standard InChI is InChI=1S/C12H13ClN2O2/c1-7(16)15-10-5-4-8(13)6-9(10)11(12(15)17)14(2)3/h4-6,11H,1-3H3. The van der Waals surface area contributed by atoms with Crippen molar-refractivity contribution in [3.63, 3.8) is 0 Å². The Bertz CT molecular complexity index is 499. The van der Waals surface area contributed by atoms with Crippen LogP contribution in [-0.4, -0.2) is 30.8 Å². The zero-order valence-electron chi connectivity index (χ0n) is 9.90. The molecule has 1 aromatic carbocycles. The average Bonchev–Trinajstić information content (AvgIpc) is 2.48. The molecule has 4 nitrogen and oxygen atoms in total. The van der Waals surface area contributed by atoms with Gasteiger partial charge in [0.1, 0.15) is 6.04 Å². The van der Waals surface area contributed by atoms with E-state index in [0.29, 0.717) is 10.7 Å². The van der Waals surface area contributed by atoms with Crippen molar-refractivity contribution in [1.82, 2.24) is 4.90 Å². The summed E-state index contributed by atoms with van der Waals surface area (Å²) in [4.78, 5) is 26.7. The normalized spacial score (nSPS) is 18.8. The number of fused-ring (bicyclic) bond motifs is 1. The lowest BCUT2D eigenvalue weighted by atomic mass is 10.1. The molecule has 0 saturated heterocycles. The van der Waals surface area contributed by atoms with Crippen LogP contribution < -0.4 is 4.90 Å². The van der Waals surface area contributed by atoms with E-state index in [1.165, 1.54) is 11.8 Å². The third-order valence-electron chi connectivity index (χ3n) is 2.81. The number of halogens is 1. The van der Waals surface area contributed by atoms with Gasteiger partial charge < -0.3 is 0 Å². The molecule has 1 atom stereocenters. The topological polar surface area (TPSA) is 40.6 Å². The predicted octanol–water partition coefficient (Wildman–Crippen LogP) is 1.84. The Hall–Kier alpha value is -1.39. The van der Waals surface area contributed by atoms with E-state index in [0.717, 1.165) is 5.56 Å². The number of amides is 2. The first-order valence-electron chi connectivity index (χ1n) is 5.24. The predicted molar refractivity (Wildman–Crippen MR) is 66.0 cm³/mol. The van der Waals surface area contributed by atoms with Crippen molar-refractivity contribution in [2.45, 2.75) is 13.0 Å². The molecule has 1 unspecified atom stereocenters. The number of rotatable bonds is 1. The average molecular weight is 253 g/mol. The molecule has 0 saturated carbocycles. The Morgan fingerprint density at radius 2 is 2.06 bits per heavy atom. The fraction of sp³-hybridized carbons (Fsp3) is 0.333. The Labute approximate surface area is 105 Å². The van der Waals surface area contributed by atoms with Gasteiger partial charge >= 0.3 is 0 Å². The molecule has 2 amide bonds. The van der Waals surface area contributed by atoms with Crippen molar-refractivity contribution in [2.24, 2.45) is 0 Å². The molecule has 1 heterocycles. The van der Waals surface area contributed by atoms with Crippen molar-refractivity contribution in [3.8, 4) is 0 Å². The van der Waals surface area contributed by atoms with E-state index in [1.807, 2.05) is 0 Å². The maximum Gasteiger partial charge on any atom is 0.255 e. The molecular formula is C12H13ClN2O2. The van der Waals surface area contributed by atoms with Gasteiger partial charge in [0.2, 0.25) is 5.91 Å². The monoisotopic (exact) mass is 252 g/mol. The van der Waals surface area contributed by atoms with E-state index in [9.17, 15) is 9.59 Å². The van der Waals surface area contributed by atoms with E-state index in [1.54, 1.807) is 37.2 Å². The molecule has 1 aliphatic rings. The molecule has 0 fully saturated rings. The summed E-state index contributed by atoms with van der Waals surface area (Å²) in [6.07, 6.45) is 0. The van der Waals surface area contributed by atoms with E-state index in [4.69, 9.17) is 11.6 Å². The van der Waals surface area contributed by atoms with Crippen LogP contribution in [0.5, 0.6) is 0 Å². The zero-order chi connectivity index (χ0) is 12.7. The van der Waals surface area contributed by atoms with Crippen molar-refractivity contribution in [2.75, 3.05) is 19.0 Å². The molecular weight excluding hydrogens is 240 g/mol. The van der Waals surface area contributed by atoms with Gasteiger partial charge in [-0.25, -0.2) is 4.90 Å². The summed E-state index contributed by atoms with van der Waals surface area (Å²) in [5.41, 5.74) is 1.41. The molecule has 0 N–H and O–H groups in total. The highest BCUT2D eigenvalue weighted by molar-refractivity contribution is 6.31. The van der Waals surface area contributed by atoms with Crippen LogP contribution in [-0.2, 0) is 9.59 Å². The van der Waals surface area contributed by atoms with Gasteiger partial charge in [0.15, 0.2) is 0 Å². The first-order valence-corrected chi connectivity index (χ1v) is 5.61. The van der Waals surface area contributed by atoms with Gasteiger partial charge in [0, 0.05) is 17.5 Å². The van der Waals surface area contributed by atoms with Gasteiger partial charge in [0.05, 0.1) is 5.69 Å². The molecule has 2 rings (SSSR count). The van der Waals surface area contributed by atoms with Crippen LogP contribution in [0.3, 0.4) is 0 Å². The van der Waals surface area contributed by atoms with E-state index in [-0.39, 0.29) is 11.8 Å². The number of carbonyl (C=O) groups excluding carboxylic acids is 2. The summed E-state index contributed by atoms with van der Waals surface area (Å²) in [7, 11) is 3.60. The summed E-state index contributed by atoms with van der Waals surface area (Å²) < 4.78 is 0. The molecule has 5 heteroatoms. The molecule has 90 valence electrons. The number of imide groups is 1. The second-order valence-corrected chi connectivity index (χ2v) is 4.70. The minimum Gasteiger partial charge on any atom is -0.294 e. The highest BCUT2D eigenvalue weighted by Crippen LogP contribution is 2.39. The highest BCUT2D eigenvalue weighted by Gasteiger charge is 2.40. The van der Waals surface area contributed by atoms with Crippen molar-refractivity contribution >= 4 is 29.1 Å². The van der Waals surface area contributed by atoms with Gasteiger partial charge in [-0.3, -0.25) is 14.5 Å². The maximum atomic E-state index is 12.2.